The van der Waals surface area contributed by atoms with E-state index in [0.717, 1.165) is 0 Å². The van der Waals surface area contributed by atoms with Gasteiger partial charge in [0.2, 0.25) is 0 Å². The van der Waals surface area contributed by atoms with E-state index >= 15 is 0 Å². The molecule has 0 amide bonds. The van der Waals surface area contributed by atoms with Crippen LogP contribution in [0.3, 0.4) is 0 Å². The molecular weight excluding hydrogens is 276 g/mol. The van der Waals surface area contributed by atoms with Crippen molar-refractivity contribution in [2.45, 2.75) is 26.7 Å². The third-order valence-corrected chi connectivity index (χ3v) is 0.722. The van der Waals surface area contributed by atoms with Gasteiger partial charge in [0.05, 0.1) is 0 Å². The molecule has 0 rings (SSSR count). The van der Waals surface area contributed by atoms with E-state index in [9.17, 15) is 19.8 Å². The molecule has 0 aromatic carbocycles. The smallest absolute Gasteiger partial charge is 0.676 e. The first-order chi connectivity index (χ1) is 6.45. The summed E-state index contributed by atoms with van der Waals surface area (Å²) in [6.45, 7) is 3.91. The molecule has 0 heterocycles. The van der Waals surface area contributed by atoms with Crippen LogP contribution in [0.4, 0.5) is 0 Å². The Morgan fingerprint density at radius 1 is 1.12 bits per heavy atom. The molecule has 0 aromatic rings. The summed E-state index contributed by atoms with van der Waals surface area (Å²) in [5.41, 5.74) is 11.2. The van der Waals surface area contributed by atoms with Gasteiger partial charge in [0, 0.05) is 11.9 Å². The minimum absolute atomic E-state index is 0. The largest absolute Gasteiger partial charge is 2.00 e. The van der Waals surface area contributed by atoms with Gasteiger partial charge in [-0.3, -0.25) is 0 Å². The predicted molar refractivity (Wildman–Crippen MR) is 48.8 cm³/mol. The topological polar surface area (TPSA) is 130 Å². The molecular formula is C8H17N2NaO4Zn. The van der Waals surface area contributed by atoms with Gasteiger partial charge in [-0.15, -0.1) is 6.54 Å². The van der Waals surface area contributed by atoms with Gasteiger partial charge in [0.1, 0.15) is 0 Å². The molecule has 0 bridgehead atoms. The van der Waals surface area contributed by atoms with E-state index < -0.39 is 11.9 Å². The minimum Gasteiger partial charge on any atom is -0.676 e. The molecule has 0 atom stereocenters. The van der Waals surface area contributed by atoms with E-state index in [-0.39, 0.29) is 61.9 Å². The Kier molecular flexibility index (Phi) is 55.4. The standard InChI is InChI=1S/2C3H6O2.C2H7N2.Na.Zn/c2*1-2-3(4)5;3-1-2-4;;/h2*2H2,1H3,(H,4,5);3H,1-2,4H2;;/q;;-1;+1;+2/p-2. The molecule has 0 radical (unpaired) electrons. The Hall–Kier alpha value is 0.483. The number of aliphatic carboxylic acids is 2. The van der Waals surface area contributed by atoms with Crippen LogP contribution in [0.1, 0.15) is 26.7 Å². The summed E-state index contributed by atoms with van der Waals surface area (Å²) in [5, 5.41) is 18.5. The second-order valence-corrected chi connectivity index (χ2v) is 1.99. The van der Waals surface area contributed by atoms with Crippen LogP contribution in [0, 0.1) is 0 Å². The van der Waals surface area contributed by atoms with E-state index in [1.54, 1.807) is 0 Å². The number of carbonyl (C=O) groups excluding carboxylic acids is 2. The SMILES string of the molecule is CCC(=O)[O-].CCC(=O)[O-].[NH-]CCN.[Na+].[Zn+2]. The van der Waals surface area contributed by atoms with E-state index in [1.165, 1.54) is 13.8 Å². The van der Waals surface area contributed by atoms with Gasteiger partial charge in [-0.05, 0) is 19.4 Å². The molecule has 0 aliphatic rings. The van der Waals surface area contributed by atoms with Gasteiger partial charge in [-0.1, -0.05) is 13.8 Å². The monoisotopic (exact) mass is 292 g/mol. The number of rotatable bonds is 3. The van der Waals surface area contributed by atoms with Gasteiger partial charge in [-0.25, -0.2) is 0 Å². The van der Waals surface area contributed by atoms with Crippen LogP contribution >= 0.6 is 0 Å². The van der Waals surface area contributed by atoms with E-state index in [0.29, 0.717) is 13.1 Å². The summed E-state index contributed by atoms with van der Waals surface area (Å²) in [6, 6.07) is 0. The second-order valence-electron chi connectivity index (χ2n) is 1.99. The minimum atomic E-state index is -0.995. The molecule has 8 heteroatoms. The van der Waals surface area contributed by atoms with Gasteiger partial charge in [0.25, 0.3) is 0 Å². The van der Waals surface area contributed by atoms with Gasteiger partial charge >= 0.3 is 49.0 Å². The summed E-state index contributed by atoms with van der Waals surface area (Å²) in [6.07, 6.45) is 0.222. The number of nitrogens with one attached hydrogen (secondary N) is 1. The third-order valence-electron chi connectivity index (χ3n) is 0.722. The van der Waals surface area contributed by atoms with Gasteiger partial charge in [0.15, 0.2) is 0 Å². The van der Waals surface area contributed by atoms with Crippen LogP contribution in [0.15, 0.2) is 0 Å². The first-order valence-corrected chi connectivity index (χ1v) is 4.20. The Morgan fingerprint density at radius 3 is 1.25 bits per heavy atom. The van der Waals surface area contributed by atoms with Gasteiger partial charge < -0.3 is 31.3 Å². The normalized spacial score (nSPS) is 6.50. The zero-order chi connectivity index (χ0) is 12.0. The molecule has 16 heavy (non-hydrogen) atoms. The molecule has 86 valence electrons. The first-order valence-electron chi connectivity index (χ1n) is 4.20. The fourth-order valence-electron chi connectivity index (χ4n) is 0. The summed E-state index contributed by atoms with van der Waals surface area (Å²) in [4.78, 5) is 18.5. The van der Waals surface area contributed by atoms with Crippen LogP contribution in [0.25, 0.3) is 5.73 Å². The summed E-state index contributed by atoms with van der Waals surface area (Å²) in [5.74, 6) is -1.99. The number of hydrogen-bond acceptors (Lipinski definition) is 5. The number of carboxylic acids is 2. The summed E-state index contributed by atoms with van der Waals surface area (Å²) < 4.78 is 0. The molecule has 0 saturated carbocycles. The zero-order valence-electron chi connectivity index (χ0n) is 10.2. The van der Waals surface area contributed by atoms with Crippen molar-refractivity contribution >= 4 is 11.9 Å². The van der Waals surface area contributed by atoms with Crippen LogP contribution in [0.5, 0.6) is 0 Å². The van der Waals surface area contributed by atoms with Crippen LogP contribution in [0.2, 0.25) is 0 Å². The van der Waals surface area contributed by atoms with E-state index in [4.69, 9.17) is 11.5 Å². The van der Waals surface area contributed by atoms with Crippen molar-refractivity contribution in [1.29, 1.82) is 0 Å². The van der Waals surface area contributed by atoms with Crippen LogP contribution in [-0.4, -0.2) is 25.0 Å². The van der Waals surface area contributed by atoms with Crippen molar-refractivity contribution in [3.8, 4) is 0 Å². The number of nitrogens with two attached hydrogens (primary N) is 1. The van der Waals surface area contributed by atoms with Crippen molar-refractivity contribution in [2.24, 2.45) is 5.73 Å². The number of carbonyl (C=O) groups is 2. The Bertz CT molecular complexity index is 134. The molecule has 0 fully saturated rings. The first kappa shape index (κ1) is 30.0. The van der Waals surface area contributed by atoms with Crippen molar-refractivity contribution in [1.82, 2.24) is 0 Å². The fraction of sp³-hybridized carbons (Fsp3) is 0.750. The maximum Gasteiger partial charge on any atom is 2.00 e. The molecule has 0 spiro atoms. The average Bonchev–Trinajstić information content (AvgIpc) is 2.19. The fourth-order valence-corrected chi connectivity index (χ4v) is 0. The predicted octanol–water partition coefficient (Wildman–Crippen LogP) is -4.71. The molecule has 0 aliphatic carbocycles. The van der Waals surface area contributed by atoms with Crippen LogP contribution < -0.4 is 45.5 Å². The van der Waals surface area contributed by atoms with E-state index in [2.05, 4.69) is 0 Å². The Morgan fingerprint density at radius 2 is 1.25 bits per heavy atom. The molecule has 0 unspecified atom stereocenters. The molecule has 0 aliphatic heterocycles. The zero-order valence-corrected chi connectivity index (χ0v) is 15.2. The van der Waals surface area contributed by atoms with E-state index in [1.807, 2.05) is 0 Å². The van der Waals surface area contributed by atoms with Crippen molar-refractivity contribution in [2.75, 3.05) is 13.1 Å². The van der Waals surface area contributed by atoms with Gasteiger partial charge in [-0.2, -0.15) is 0 Å². The second kappa shape index (κ2) is 29.6. The molecule has 0 aromatic heterocycles. The maximum atomic E-state index is 9.26. The number of hydrogen-bond donors (Lipinski definition) is 1. The maximum absolute atomic E-state index is 9.26. The molecule has 3 N–H and O–H groups in total. The van der Waals surface area contributed by atoms with Crippen molar-refractivity contribution in [3.05, 3.63) is 5.73 Å². The Balaban J connectivity index is -0.0000000358. The molecule has 6 nitrogen and oxygen atoms in total. The summed E-state index contributed by atoms with van der Waals surface area (Å²) in [7, 11) is 0. The quantitative estimate of drug-likeness (QED) is 0.522. The number of carboxylic acid groups (broad SMARTS) is 2. The Labute approximate surface area is 131 Å². The molecule has 0 saturated heterocycles. The summed E-state index contributed by atoms with van der Waals surface area (Å²) >= 11 is 0. The van der Waals surface area contributed by atoms with Crippen molar-refractivity contribution in [3.63, 3.8) is 0 Å². The van der Waals surface area contributed by atoms with Crippen LogP contribution in [-0.2, 0) is 29.1 Å². The average molecular weight is 294 g/mol. The van der Waals surface area contributed by atoms with Crippen molar-refractivity contribution < 1.29 is 68.8 Å². The third kappa shape index (κ3) is 87.6.